The number of H-pyrrole nitrogens is 1. The number of carbonyl (C=O) groups excluding carboxylic acids is 1. The number of rotatable bonds is 5. The Labute approximate surface area is 173 Å². The molecule has 2 heterocycles. The zero-order valence-corrected chi connectivity index (χ0v) is 15.4. The fourth-order valence-electron chi connectivity index (χ4n) is 3.21. The first-order valence-electron chi connectivity index (χ1n) is 10.3. The molecule has 2 aromatic heterocycles. The number of halogens is 2. The van der Waals surface area contributed by atoms with Crippen LogP contribution in [0.3, 0.4) is 0 Å². The molecule has 0 spiro atoms. The molecular weight excluding hydrogens is 392 g/mol. The molecule has 0 aliphatic heterocycles. The molecule has 0 radical (unpaired) electrons. The van der Waals surface area contributed by atoms with E-state index in [1.807, 2.05) is 5.32 Å². The lowest BCUT2D eigenvalue weighted by Crippen LogP contribution is -2.22. The Morgan fingerprint density at radius 3 is 2.97 bits per heavy atom. The van der Waals surface area contributed by atoms with Crippen LogP contribution in [-0.4, -0.2) is 32.6 Å². The van der Waals surface area contributed by atoms with E-state index in [2.05, 4.69) is 15.2 Å². The van der Waals surface area contributed by atoms with Gasteiger partial charge >= 0.3 is 0 Å². The van der Waals surface area contributed by atoms with Gasteiger partial charge in [-0.15, -0.1) is 0 Å². The number of carbonyl (C=O) groups is 1. The molecule has 0 saturated heterocycles. The molecule has 30 heavy (non-hydrogen) atoms. The van der Waals surface area contributed by atoms with Crippen LogP contribution >= 0.6 is 0 Å². The minimum atomic E-state index is -2.73. The summed E-state index contributed by atoms with van der Waals surface area (Å²) in [7, 11) is 0. The van der Waals surface area contributed by atoms with Crippen LogP contribution in [0.2, 0.25) is 0 Å². The average Bonchev–Trinajstić information content (AvgIpc) is 3.25. The number of hydrogen-bond donors (Lipinski definition) is 2. The molecule has 0 fully saturated rings. The Balaban J connectivity index is 1.63. The van der Waals surface area contributed by atoms with Gasteiger partial charge in [0.25, 0.3) is 17.9 Å². The lowest BCUT2D eigenvalue weighted by Gasteiger charge is -2.09. The highest BCUT2D eigenvalue weighted by Crippen LogP contribution is 2.30. The van der Waals surface area contributed by atoms with Crippen molar-refractivity contribution in [3.63, 3.8) is 0 Å². The molecule has 0 saturated carbocycles. The Bertz CT molecular complexity index is 1400. The van der Waals surface area contributed by atoms with Gasteiger partial charge in [0.2, 0.25) is 0 Å². The second-order valence-electron chi connectivity index (χ2n) is 6.56. The van der Waals surface area contributed by atoms with E-state index in [1.54, 1.807) is 18.2 Å². The van der Waals surface area contributed by atoms with Gasteiger partial charge in [-0.05, 0) is 35.4 Å². The van der Waals surface area contributed by atoms with E-state index in [0.717, 1.165) is 0 Å². The van der Waals surface area contributed by atoms with E-state index in [9.17, 15) is 18.4 Å². The monoisotopic (exact) mass is 412 g/mol. The van der Waals surface area contributed by atoms with Gasteiger partial charge in [-0.1, -0.05) is 18.2 Å². The summed E-state index contributed by atoms with van der Waals surface area (Å²) in [5, 5.41) is 8.15. The number of amides is 1. The van der Waals surface area contributed by atoms with Crippen LogP contribution < -0.4 is 10.9 Å². The van der Waals surface area contributed by atoms with E-state index in [-0.39, 0.29) is 28.9 Å². The van der Waals surface area contributed by atoms with Gasteiger partial charge in [-0.3, -0.25) is 19.3 Å². The summed E-state index contributed by atoms with van der Waals surface area (Å²) < 4.78 is 49.1. The molecule has 0 unspecified atom stereocenters. The highest BCUT2D eigenvalue weighted by Gasteiger charge is 2.17. The van der Waals surface area contributed by atoms with Crippen LogP contribution in [-0.2, 0) is 6.54 Å². The quantitative estimate of drug-likeness (QED) is 0.527. The lowest BCUT2D eigenvalue weighted by atomic mass is 10.0. The van der Waals surface area contributed by atoms with Crippen LogP contribution in [0.15, 0.2) is 59.8 Å². The van der Waals surface area contributed by atoms with Crippen LogP contribution in [0.5, 0.6) is 0 Å². The number of hydrogen-bond acceptors (Lipinski definition) is 4. The maximum absolute atomic E-state index is 13.2. The van der Waals surface area contributed by atoms with Gasteiger partial charge in [-0.25, -0.2) is 13.8 Å². The van der Waals surface area contributed by atoms with Crippen molar-refractivity contribution >= 4 is 16.8 Å². The zero-order valence-electron chi connectivity index (χ0n) is 18.4. The van der Waals surface area contributed by atoms with E-state index in [0.29, 0.717) is 22.0 Å². The molecule has 0 aliphatic rings. The summed E-state index contributed by atoms with van der Waals surface area (Å²) in [5.74, 6) is -0.754. The molecule has 0 aliphatic carbocycles. The normalized spacial score (nSPS) is 13.1. The third-order valence-electron chi connectivity index (χ3n) is 4.68. The Kier molecular flexibility index (Phi) is 4.19. The topological polar surface area (TPSA) is 92.7 Å². The predicted octanol–water partition coefficient (Wildman–Crippen LogP) is 3.13. The minimum Gasteiger partial charge on any atom is -0.355 e. The lowest BCUT2D eigenvalue weighted by molar-refractivity contribution is 0.0963. The standard InChI is InChI=1S/C21H17F2N5O2/c1-24-20(29)14-4-2-3-12(7-14)10-28-11-25-17-8-13(5-6-15(17)21(28)30)16-9-26-27-18(16)19(22)23/h2-9,11,19H,10H2,1H3,(H,24,29)(H,26,27)/i1D3. The molecule has 4 rings (SSSR count). The molecule has 4 aromatic rings. The van der Waals surface area contributed by atoms with E-state index < -0.39 is 19.3 Å². The predicted molar refractivity (Wildman–Crippen MR) is 107 cm³/mol. The fraction of sp³-hybridized carbons (Fsp3) is 0.143. The van der Waals surface area contributed by atoms with Crippen molar-refractivity contribution in [3.8, 4) is 11.1 Å². The third kappa shape index (κ3) is 3.57. The van der Waals surface area contributed by atoms with Crippen molar-refractivity contribution in [2.75, 3.05) is 6.98 Å². The van der Waals surface area contributed by atoms with Crippen molar-refractivity contribution < 1.29 is 17.7 Å². The van der Waals surface area contributed by atoms with Gasteiger partial charge in [0.05, 0.1) is 30.0 Å². The number of benzene rings is 2. The minimum absolute atomic E-state index is 0.0929. The summed E-state index contributed by atoms with van der Waals surface area (Å²) in [4.78, 5) is 29.3. The molecule has 7 nitrogen and oxygen atoms in total. The highest BCUT2D eigenvalue weighted by atomic mass is 19.3. The summed E-state index contributed by atoms with van der Waals surface area (Å²) in [6, 6.07) is 10.8. The Morgan fingerprint density at radius 2 is 2.17 bits per heavy atom. The smallest absolute Gasteiger partial charge is 0.280 e. The molecule has 9 heteroatoms. The van der Waals surface area contributed by atoms with Crippen molar-refractivity contribution in [2.45, 2.75) is 13.0 Å². The first-order chi connectivity index (χ1) is 15.6. The second-order valence-corrected chi connectivity index (χ2v) is 6.56. The first kappa shape index (κ1) is 16.0. The van der Waals surface area contributed by atoms with Gasteiger partial charge in [-0.2, -0.15) is 5.10 Å². The average molecular weight is 412 g/mol. The fourth-order valence-corrected chi connectivity index (χ4v) is 3.21. The molecule has 2 N–H and O–H groups in total. The van der Waals surface area contributed by atoms with Gasteiger partial charge in [0.15, 0.2) is 0 Å². The molecule has 0 atom stereocenters. The van der Waals surface area contributed by atoms with E-state index in [4.69, 9.17) is 4.11 Å². The largest absolute Gasteiger partial charge is 0.355 e. The molecule has 0 bridgehead atoms. The van der Waals surface area contributed by atoms with Crippen molar-refractivity contribution in [1.82, 2.24) is 25.1 Å². The van der Waals surface area contributed by atoms with Crippen molar-refractivity contribution in [3.05, 3.63) is 82.2 Å². The molecule has 1 amide bonds. The summed E-state index contributed by atoms with van der Waals surface area (Å²) >= 11 is 0. The van der Waals surface area contributed by atoms with Crippen molar-refractivity contribution in [2.24, 2.45) is 0 Å². The number of nitrogens with one attached hydrogen (secondary N) is 2. The van der Waals surface area contributed by atoms with Gasteiger partial charge < -0.3 is 5.32 Å². The zero-order chi connectivity index (χ0) is 23.8. The summed E-state index contributed by atoms with van der Waals surface area (Å²) in [6.45, 7) is -2.52. The SMILES string of the molecule is [2H]C([2H])([2H])NC(=O)c1cccc(Cn2cnc3cc(-c4cn[nH]c4C(F)F)ccc3c2=O)c1. The maximum atomic E-state index is 13.2. The van der Waals surface area contributed by atoms with E-state index >= 15 is 0 Å². The number of fused-ring (bicyclic) bond motifs is 1. The number of aromatic nitrogens is 4. The number of aromatic amines is 1. The van der Waals surface area contributed by atoms with Gasteiger partial charge in [0, 0.05) is 22.2 Å². The second kappa shape index (κ2) is 7.86. The molecular formula is C21H17F2N5O2. The highest BCUT2D eigenvalue weighted by molar-refractivity contribution is 5.94. The van der Waals surface area contributed by atoms with Crippen molar-refractivity contribution in [1.29, 1.82) is 0 Å². The molecule has 2 aromatic carbocycles. The summed E-state index contributed by atoms with van der Waals surface area (Å²) in [6.07, 6.45) is -0.108. The Hall–Kier alpha value is -3.88. The van der Waals surface area contributed by atoms with Crippen LogP contribution in [0, 0.1) is 0 Å². The van der Waals surface area contributed by atoms with Crippen LogP contribution in [0.1, 0.15) is 32.2 Å². The van der Waals surface area contributed by atoms with E-state index in [1.165, 1.54) is 41.4 Å². The van der Waals surface area contributed by atoms with Crippen LogP contribution in [0.25, 0.3) is 22.0 Å². The van der Waals surface area contributed by atoms with Gasteiger partial charge in [0.1, 0.15) is 5.69 Å². The first-order valence-corrected chi connectivity index (χ1v) is 8.85. The van der Waals surface area contributed by atoms with Crippen LogP contribution in [0.4, 0.5) is 8.78 Å². The summed E-state index contributed by atoms with van der Waals surface area (Å²) in [5.41, 5.74) is 1.07. The number of nitrogens with zero attached hydrogens (tertiary/aromatic N) is 3. The maximum Gasteiger partial charge on any atom is 0.280 e. The third-order valence-corrected chi connectivity index (χ3v) is 4.68. The molecule has 152 valence electrons. The Morgan fingerprint density at radius 1 is 1.30 bits per heavy atom. The number of alkyl halides is 2.